The SMILES string of the molecule is Cc1cc(Nc2cc(N)ccn2)n[nH]1. The molecule has 0 amide bonds. The number of hydrogen-bond acceptors (Lipinski definition) is 4. The Labute approximate surface area is 81.4 Å². The van der Waals surface area contributed by atoms with Crippen molar-refractivity contribution in [3.05, 3.63) is 30.1 Å². The van der Waals surface area contributed by atoms with Gasteiger partial charge in [0.05, 0.1) is 0 Å². The molecular weight excluding hydrogens is 178 g/mol. The molecule has 0 radical (unpaired) electrons. The van der Waals surface area contributed by atoms with Crippen molar-refractivity contribution < 1.29 is 0 Å². The van der Waals surface area contributed by atoms with E-state index in [-0.39, 0.29) is 0 Å². The Kier molecular flexibility index (Phi) is 2.06. The van der Waals surface area contributed by atoms with Crippen LogP contribution in [0.3, 0.4) is 0 Å². The fourth-order valence-electron chi connectivity index (χ4n) is 1.13. The zero-order valence-electron chi connectivity index (χ0n) is 7.78. The Morgan fingerprint density at radius 2 is 2.21 bits per heavy atom. The number of hydrogen-bond donors (Lipinski definition) is 3. The van der Waals surface area contributed by atoms with Crippen LogP contribution in [0.4, 0.5) is 17.3 Å². The van der Waals surface area contributed by atoms with Crippen LogP contribution in [0.15, 0.2) is 24.4 Å². The lowest BCUT2D eigenvalue weighted by Crippen LogP contribution is -1.95. The van der Waals surface area contributed by atoms with E-state index >= 15 is 0 Å². The predicted molar refractivity (Wildman–Crippen MR) is 55.3 cm³/mol. The molecular formula is C9H11N5. The van der Waals surface area contributed by atoms with E-state index in [4.69, 9.17) is 5.73 Å². The molecule has 0 aliphatic heterocycles. The van der Waals surface area contributed by atoms with Gasteiger partial charge in [-0.25, -0.2) is 4.98 Å². The van der Waals surface area contributed by atoms with E-state index in [2.05, 4.69) is 20.5 Å². The number of nitrogen functional groups attached to an aromatic ring is 1. The summed E-state index contributed by atoms with van der Waals surface area (Å²) < 4.78 is 0. The van der Waals surface area contributed by atoms with E-state index in [0.29, 0.717) is 11.5 Å². The highest BCUT2D eigenvalue weighted by molar-refractivity contribution is 5.56. The topological polar surface area (TPSA) is 79.6 Å². The summed E-state index contributed by atoms with van der Waals surface area (Å²) in [6, 6.07) is 5.38. The standard InChI is InChI=1S/C9H11N5/c1-6-4-9(14-13-6)12-8-5-7(10)2-3-11-8/h2-5H,1H3,(H4,10,11,12,13,14). The second-order valence-electron chi connectivity index (χ2n) is 3.04. The van der Waals surface area contributed by atoms with Gasteiger partial charge in [-0.1, -0.05) is 0 Å². The summed E-state index contributed by atoms with van der Waals surface area (Å²) in [4.78, 5) is 4.10. The average Bonchev–Trinajstić information content (AvgIpc) is 2.51. The van der Waals surface area contributed by atoms with Crippen LogP contribution in [0.1, 0.15) is 5.69 Å². The highest BCUT2D eigenvalue weighted by atomic mass is 15.2. The molecule has 0 aromatic carbocycles. The van der Waals surface area contributed by atoms with Crippen LogP contribution >= 0.6 is 0 Å². The van der Waals surface area contributed by atoms with E-state index < -0.39 is 0 Å². The number of nitrogens with zero attached hydrogens (tertiary/aromatic N) is 2. The lowest BCUT2D eigenvalue weighted by atomic mass is 10.4. The third-order valence-electron chi connectivity index (χ3n) is 1.75. The largest absolute Gasteiger partial charge is 0.399 e. The highest BCUT2D eigenvalue weighted by Gasteiger charge is 1.98. The minimum Gasteiger partial charge on any atom is -0.399 e. The molecule has 0 spiro atoms. The molecule has 2 aromatic rings. The van der Waals surface area contributed by atoms with Crippen molar-refractivity contribution in [2.24, 2.45) is 0 Å². The molecule has 2 heterocycles. The molecule has 0 atom stereocenters. The van der Waals surface area contributed by atoms with Gasteiger partial charge in [-0.2, -0.15) is 5.10 Å². The van der Waals surface area contributed by atoms with Crippen LogP contribution in [-0.2, 0) is 0 Å². The molecule has 0 saturated carbocycles. The quantitative estimate of drug-likeness (QED) is 0.667. The van der Waals surface area contributed by atoms with Crippen molar-refractivity contribution >= 4 is 17.3 Å². The maximum Gasteiger partial charge on any atom is 0.153 e. The number of rotatable bonds is 2. The number of nitrogens with two attached hydrogens (primary N) is 1. The minimum absolute atomic E-state index is 0.676. The van der Waals surface area contributed by atoms with Crippen LogP contribution in [0, 0.1) is 6.92 Å². The third kappa shape index (κ3) is 1.82. The first-order valence-corrected chi connectivity index (χ1v) is 4.24. The zero-order chi connectivity index (χ0) is 9.97. The molecule has 0 fully saturated rings. The van der Waals surface area contributed by atoms with Crippen LogP contribution in [0.25, 0.3) is 0 Å². The molecule has 14 heavy (non-hydrogen) atoms. The summed E-state index contributed by atoms with van der Waals surface area (Å²) >= 11 is 0. The zero-order valence-corrected chi connectivity index (χ0v) is 7.78. The Morgan fingerprint density at radius 3 is 2.86 bits per heavy atom. The molecule has 5 heteroatoms. The molecule has 0 aliphatic rings. The van der Waals surface area contributed by atoms with Gasteiger partial charge in [0.15, 0.2) is 5.82 Å². The van der Waals surface area contributed by atoms with Gasteiger partial charge < -0.3 is 11.1 Å². The van der Waals surface area contributed by atoms with Crippen LogP contribution in [0.5, 0.6) is 0 Å². The van der Waals surface area contributed by atoms with E-state index in [1.165, 1.54) is 0 Å². The molecule has 0 aliphatic carbocycles. The summed E-state index contributed by atoms with van der Waals surface area (Å²) in [5.41, 5.74) is 7.28. The number of aryl methyl sites for hydroxylation is 1. The first kappa shape index (κ1) is 8.55. The van der Waals surface area contributed by atoms with Gasteiger partial charge in [-0.3, -0.25) is 5.10 Å². The molecule has 2 rings (SSSR count). The van der Waals surface area contributed by atoms with Gasteiger partial charge in [0, 0.05) is 29.7 Å². The van der Waals surface area contributed by atoms with Gasteiger partial charge >= 0.3 is 0 Å². The Morgan fingerprint density at radius 1 is 1.36 bits per heavy atom. The van der Waals surface area contributed by atoms with E-state index in [1.807, 2.05) is 13.0 Å². The molecule has 5 nitrogen and oxygen atoms in total. The fraction of sp³-hybridized carbons (Fsp3) is 0.111. The van der Waals surface area contributed by atoms with Crippen molar-refractivity contribution in [2.75, 3.05) is 11.1 Å². The lowest BCUT2D eigenvalue weighted by molar-refractivity contribution is 1.05. The molecule has 0 bridgehead atoms. The molecule has 72 valence electrons. The number of aromatic amines is 1. The van der Waals surface area contributed by atoms with Crippen molar-refractivity contribution in [1.82, 2.24) is 15.2 Å². The first-order chi connectivity index (χ1) is 6.74. The first-order valence-electron chi connectivity index (χ1n) is 4.24. The number of aromatic nitrogens is 3. The van der Waals surface area contributed by atoms with Crippen molar-refractivity contribution in [3.8, 4) is 0 Å². The Hall–Kier alpha value is -2.04. The number of nitrogens with one attached hydrogen (secondary N) is 2. The number of anilines is 3. The summed E-state index contributed by atoms with van der Waals surface area (Å²) in [5.74, 6) is 1.43. The lowest BCUT2D eigenvalue weighted by Gasteiger charge is -2.01. The van der Waals surface area contributed by atoms with Crippen molar-refractivity contribution in [2.45, 2.75) is 6.92 Å². The van der Waals surface area contributed by atoms with Gasteiger partial charge in [0.2, 0.25) is 0 Å². The van der Waals surface area contributed by atoms with Gasteiger partial charge in [-0.05, 0) is 13.0 Å². The second-order valence-corrected chi connectivity index (χ2v) is 3.04. The summed E-state index contributed by atoms with van der Waals surface area (Å²) in [6.07, 6.45) is 1.65. The predicted octanol–water partition coefficient (Wildman–Crippen LogP) is 1.44. The Balaban J connectivity index is 2.18. The average molecular weight is 189 g/mol. The monoisotopic (exact) mass is 189 g/mol. The second kappa shape index (κ2) is 3.37. The van der Waals surface area contributed by atoms with Crippen molar-refractivity contribution in [1.29, 1.82) is 0 Å². The number of pyridine rings is 1. The van der Waals surface area contributed by atoms with Gasteiger partial charge in [-0.15, -0.1) is 0 Å². The van der Waals surface area contributed by atoms with Crippen LogP contribution in [0.2, 0.25) is 0 Å². The maximum atomic E-state index is 5.61. The van der Waals surface area contributed by atoms with Gasteiger partial charge in [0.1, 0.15) is 5.82 Å². The smallest absolute Gasteiger partial charge is 0.153 e. The van der Waals surface area contributed by atoms with Crippen LogP contribution < -0.4 is 11.1 Å². The van der Waals surface area contributed by atoms with Crippen LogP contribution in [-0.4, -0.2) is 15.2 Å². The fourth-order valence-corrected chi connectivity index (χ4v) is 1.13. The van der Waals surface area contributed by atoms with Crippen molar-refractivity contribution in [3.63, 3.8) is 0 Å². The molecule has 2 aromatic heterocycles. The molecule has 0 unspecified atom stereocenters. The van der Waals surface area contributed by atoms with E-state index in [1.54, 1.807) is 18.3 Å². The normalized spacial score (nSPS) is 10.1. The third-order valence-corrected chi connectivity index (χ3v) is 1.75. The van der Waals surface area contributed by atoms with Gasteiger partial charge in [0.25, 0.3) is 0 Å². The Bertz CT molecular complexity index is 434. The van der Waals surface area contributed by atoms with E-state index in [0.717, 1.165) is 11.5 Å². The molecule has 4 N–H and O–H groups in total. The summed E-state index contributed by atoms with van der Waals surface area (Å²) in [5, 5.41) is 9.89. The highest BCUT2D eigenvalue weighted by Crippen LogP contribution is 2.14. The minimum atomic E-state index is 0.676. The summed E-state index contributed by atoms with van der Waals surface area (Å²) in [7, 11) is 0. The number of H-pyrrole nitrogens is 1. The molecule has 0 saturated heterocycles. The summed E-state index contributed by atoms with van der Waals surface area (Å²) in [6.45, 7) is 1.94. The maximum absolute atomic E-state index is 5.61. The van der Waals surface area contributed by atoms with E-state index in [9.17, 15) is 0 Å².